The molecule has 0 amide bonds. The van der Waals surface area contributed by atoms with E-state index in [0.29, 0.717) is 0 Å². The molecule has 0 N–H and O–H groups in total. The number of halogens is 1. The van der Waals surface area contributed by atoms with Crippen molar-refractivity contribution in [2.24, 2.45) is 5.41 Å². The Kier molecular flexibility index (Phi) is 4.16. The highest BCUT2D eigenvalue weighted by Crippen LogP contribution is 2.62. The maximum Gasteiger partial charge on any atom is 0.0256 e. The lowest BCUT2D eigenvalue weighted by atomic mass is 9.59. The molecular weight excluding hydrogens is 440 g/mol. The first-order chi connectivity index (χ1) is 14.3. The van der Waals surface area contributed by atoms with Gasteiger partial charge in [0.1, 0.15) is 0 Å². The fourth-order valence-electron chi connectivity index (χ4n) is 6.17. The molecule has 2 aliphatic rings. The van der Waals surface area contributed by atoms with E-state index < -0.39 is 0 Å². The van der Waals surface area contributed by atoms with Crippen LogP contribution in [0.5, 0.6) is 0 Å². The molecule has 0 aliphatic heterocycles. The summed E-state index contributed by atoms with van der Waals surface area (Å²) in [4.78, 5) is 0. The molecule has 2 aliphatic carbocycles. The van der Waals surface area contributed by atoms with Crippen LogP contribution >= 0.6 is 15.9 Å². The fourth-order valence-corrected chi connectivity index (χ4v) is 6.74. The Morgan fingerprint density at radius 2 is 1.13 bits per heavy atom. The molecule has 0 bridgehead atoms. The van der Waals surface area contributed by atoms with Crippen LogP contribution in [-0.2, 0) is 16.2 Å². The van der Waals surface area contributed by atoms with Gasteiger partial charge in [-0.15, -0.1) is 0 Å². The molecule has 0 saturated heterocycles. The van der Waals surface area contributed by atoms with Crippen LogP contribution in [0.25, 0.3) is 22.3 Å². The summed E-state index contributed by atoms with van der Waals surface area (Å²) in [6.07, 6.45) is 0. The van der Waals surface area contributed by atoms with E-state index in [0.717, 1.165) is 0 Å². The van der Waals surface area contributed by atoms with Gasteiger partial charge in [-0.2, -0.15) is 0 Å². The zero-order chi connectivity index (χ0) is 22.6. The highest BCUT2D eigenvalue weighted by molar-refractivity contribution is 9.10. The molecule has 0 atom stereocenters. The summed E-state index contributed by atoms with van der Waals surface area (Å²) in [5.41, 5.74) is 11.6. The topological polar surface area (TPSA) is 0 Å². The number of rotatable bonds is 1. The van der Waals surface area contributed by atoms with Crippen LogP contribution in [0.15, 0.2) is 59.1 Å². The number of hydrogen-bond acceptors (Lipinski definition) is 0. The van der Waals surface area contributed by atoms with Gasteiger partial charge >= 0.3 is 0 Å². The number of benzene rings is 3. The Labute approximate surface area is 196 Å². The van der Waals surface area contributed by atoms with Gasteiger partial charge in [0.25, 0.3) is 0 Å². The van der Waals surface area contributed by atoms with Gasteiger partial charge in [-0.05, 0) is 79.0 Å². The second-order valence-corrected chi connectivity index (χ2v) is 12.5. The summed E-state index contributed by atoms with van der Waals surface area (Å²) in [6, 6.07) is 20.8. The molecule has 31 heavy (non-hydrogen) atoms. The smallest absolute Gasteiger partial charge is 0.0256 e. The quantitative estimate of drug-likeness (QED) is 0.331. The van der Waals surface area contributed by atoms with E-state index in [1.54, 1.807) is 0 Å². The maximum absolute atomic E-state index is 3.95. The largest absolute Gasteiger partial charge is 0.0619 e. The lowest BCUT2D eigenvalue weighted by Gasteiger charge is -2.44. The average molecular weight is 473 g/mol. The molecule has 3 aromatic rings. The minimum absolute atomic E-state index is 0.0513. The molecule has 0 spiro atoms. The zero-order valence-corrected chi connectivity index (χ0v) is 21.7. The molecule has 3 aromatic carbocycles. The molecule has 0 saturated carbocycles. The third kappa shape index (κ3) is 2.48. The zero-order valence-electron chi connectivity index (χ0n) is 20.1. The summed E-state index contributed by atoms with van der Waals surface area (Å²) in [5, 5.41) is 0. The minimum atomic E-state index is 0.0513. The lowest BCUT2D eigenvalue weighted by Crippen LogP contribution is -2.42. The van der Waals surface area contributed by atoms with E-state index in [1.165, 1.54) is 49.0 Å². The molecule has 0 heterocycles. The number of fused-ring (bicyclic) bond motifs is 4. The molecule has 1 heteroatoms. The van der Waals surface area contributed by atoms with Crippen LogP contribution in [0, 0.1) is 5.41 Å². The third-order valence-electron chi connectivity index (χ3n) is 9.47. The molecule has 0 fully saturated rings. The first-order valence-corrected chi connectivity index (χ1v) is 12.2. The second kappa shape index (κ2) is 6.13. The number of hydrogen-bond donors (Lipinski definition) is 0. The van der Waals surface area contributed by atoms with Crippen molar-refractivity contribution in [1.82, 2.24) is 0 Å². The van der Waals surface area contributed by atoms with Crippen LogP contribution < -0.4 is 0 Å². The van der Waals surface area contributed by atoms with E-state index in [9.17, 15) is 0 Å². The van der Waals surface area contributed by atoms with E-state index in [-0.39, 0.29) is 21.7 Å². The Bertz CT molecular complexity index is 1240. The average Bonchev–Trinajstić information content (AvgIpc) is 2.99. The fraction of sp³-hybridized carbons (Fsp3) is 0.400. The van der Waals surface area contributed by atoms with Gasteiger partial charge in [0.15, 0.2) is 0 Å². The van der Waals surface area contributed by atoms with Crippen molar-refractivity contribution in [3.63, 3.8) is 0 Å². The summed E-state index contributed by atoms with van der Waals surface area (Å²) in [6.45, 7) is 19.2. The van der Waals surface area contributed by atoms with Gasteiger partial charge in [-0.25, -0.2) is 0 Å². The molecule has 160 valence electrons. The van der Waals surface area contributed by atoms with Crippen LogP contribution in [0.1, 0.15) is 77.6 Å². The van der Waals surface area contributed by atoms with Gasteiger partial charge in [-0.1, -0.05) is 108 Å². The molecule has 5 rings (SSSR count). The Balaban J connectivity index is 1.73. The van der Waals surface area contributed by atoms with Gasteiger partial charge in [0, 0.05) is 9.89 Å². The van der Waals surface area contributed by atoms with Crippen LogP contribution in [0.2, 0.25) is 0 Å². The minimum Gasteiger partial charge on any atom is -0.0619 e. The van der Waals surface area contributed by atoms with Gasteiger partial charge < -0.3 is 0 Å². The van der Waals surface area contributed by atoms with E-state index in [1.807, 2.05) is 0 Å². The van der Waals surface area contributed by atoms with Crippen LogP contribution in [0.3, 0.4) is 0 Å². The van der Waals surface area contributed by atoms with E-state index in [4.69, 9.17) is 0 Å². The van der Waals surface area contributed by atoms with Crippen molar-refractivity contribution in [2.45, 2.75) is 71.6 Å². The van der Waals surface area contributed by atoms with E-state index in [2.05, 4.69) is 126 Å². The summed E-state index contributed by atoms with van der Waals surface area (Å²) >= 11 is 3.95. The Morgan fingerprint density at radius 3 is 1.81 bits per heavy atom. The predicted octanol–water partition coefficient (Wildman–Crippen LogP) is 9.02. The summed E-state index contributed by atoms with van der Waals surface area (Å²) in [5.74, 6) is 0. The molecule has 0 nitrogen and oxygen atoms in total. The van der Waals surface area contributed by atoms with Crippen LogP contribution in [-0.4, -0.2) is 0 Å². The van der Waals surface area contributed by atoms with Crippen molar-refractivity contribution in [3.8, 4) is 22.3 Å². The standard InChI is InChI=1S/C30H33Br/c1-27(2)22-12-10-9-11-19(22)21-15-18(13-14-23(21)27)20-16-24-25(17-26(20)31)29(5,6)30(7,8)28(24,3)4/h9-17H,1-8H3. The van der Waals surface area contributed by atoms with Gasteiger partial charge in [0.05, 0.1) is 0 Å². The maximum atomic E-state index is 3.95. The second-order valence-electron chi connectivity index (χ2n) is 11.7. The highest BCUT2D eigenvalue weighted by atomic mass is 79.9. The van der Waals surface area contributed by atoms with Gasteiger partial charge in [0.2, 0.25) is 0 Å². The molecule has 0 unspecified atom stereocenters. The molecule has 0 aromatic heterocycles. The summed E-state index contributed by atoms with van der Waals surface area (Å²) in [7, 11) is 0. The van der Waals surface area contributed by atoms with E-state index >= 15 is 0 Å². The monoisotopic (exact) mass is 472 g/mol. The molecular formula is C30H33Br. The van der Waals surface area contributed by atoms with Crippen LogP contribution in [0.4, 0.5) is 0 Å². The lowest BCUT2D eigenvalue weighted by molar-refractivity contribution is 0.125. The SMILES string of the molecule is CC1(C)c2ccccc2-c2cc(-c3cc4c(cc3Br)C(C)(C)C(C)(C)C4(C)C)ccc21. The summed E-state index contributed by atoms with van der Waals surface area (Å²) < 4.78 is 1.19. The first kappa shape index (κ1) is 21.0. The highest BCUT2D eigenvalue weighted by Gasteiger charge is 2.56. The molecule has 0 radical (unpaired) electrons. The van der Waals surface area contributed by atoms with Crippen molar-refractivity contribution in [3.05, 3.63) is 81.3 Å². The van der Waals surface area contributed by atoms with Crippen molar-refractivity contribution < 1.29 is 0 Å². The predicted molar refractivity (Wildman–Crippen MR) is 137 cm³/mol. The Morgan fingerprint density at radius 1 is 0.548 bits per heavy atom. The Hall–Kier alpha value is -1.86. The van der Waals surface area contributed by atoms with Crippen molar-refractivity contribution in [2.75, 3.05) is 0 Å². The van der Waals surface area contributed by atoms with Crippen molar-refractivity contribution in [1.29, 1.82) is 0 Å². The normalized spacial score (nSPS) is 20.8. The third-order valence-corrected chi connectivity index (χ3v) is 10.1. The first-order valence-electron chi connectivity index (χ1n) is 11.4. The van der Waals surface area contributed by atoms with Crippen molar-refractivity contribution >= 4 is 15.9 Å². The van der Waals surface area contributed by atoms with Gasteiger partial charge in [-0.3, -0.25) is 0 Å².